The number of nitrogens with zero attached hydrogens (tertiary/aromatic N) is 3. The number of hydrogen-bond donors (Lipinski definition) is 2. The summed E-state index contributed by atoms with van der Waals surface area (Å²) in [6.45, 7) is 11.2. The largest absolute Gasteiger partial charge is 0.357 e. The van der Waals surface area contributed by atoms with E-state index in [0.717, 1.165) is 43.5 Å². The minimum Gasteiger partial charge on any atom is -0.357 e. The van der Waals surface area contributed by atoms with E-state index in [1.54, 1.807) is 0 Å². The number of hydrogen-bond acceptors (Lipinski definition) is 4. The van der Waals surface area contributed by atoms with Crippen molar-refractivity contribution in [1.82, 2.24) is 15.6 Å². The number of aromatic nitrogens is 1. The predicted molar refractivity (Wildman–Crippen MR) is 131 cm³/mol. The maximum Gasteiger partial charge on any atom is 0.191 e. The van der Waals surface area contributed by atoms with Crippen molar-refractivity contribution in [2.75, 3.05) is 37.3 Å². The summed E-state index contributed by atoms with van der Waals surface area (Å²) in [5, 5.41) is 6.76. The Bertz CT molecular complexity index is 554. The molecule has 0 amide bonds. The first-order chi connectivity index (χ1) is 12.5. The summed E-state index contributed by atoms with van der Waals surface area (Å²) in [6, 6.07) is 4.31. The molecule has 2 N–H and O–H groups in total. The zero-order valence-corrected chi connectivity index (χ0v) is 20.4. The summed E-state index contributed by atoms with van der Waals surface area (Å²) < 4.78 is 0.187. The minimum absolute atomic E-state index is 0. The highest BCUT2D eigenvalue weighted by molar-refractivity contribution is 14.0. The topological polar surface area (TPSA) is 52.6 Å². The second kappa shape index (κ2) is 12.7. The number of anilines is 1. The van der Waals surface area contributed by atoms with Gasteiger partial charge < -0.3 is 15.5 Å². The third kappa shape index (κ3) is 8.89. The summed E-state index contributed by atoms with van der Waals surface area (Å²) in [5.74, 6) is 1.97. The van der Waals surface area contributed by atoms with E-state index in [2.05, 4.69) is 59.7 Å². The molecule has 0 aliphatic carbocycles. The molecular weight excluding hydrogens is 469 g/mol. The lowest BCUT2D eigenvalue weighted by molar-refractivity contribution is 0.665. The molecular formula is C20H36IN5S. The summed E-state index contributed by atoms with van der Waals surface area (Å²) in [7, 11) is 0. The van der Waals surface area contributed by atoms with Crippen LogP contribution < -0.4 is 15.5 Å². The van der Waals surface area contributed by atoms with Crippen LogP contribution in [0.25, 0.3) is 0 Å². The fraction of sp³-hybridized carbons (Fsp3) is 0.700. The maximum atomic E-state index is 4.71. The third-order valence-electron chi connectivity index (χ3n) is 4.74. The Morgan fingerprint density at radius 1 is 1.19 bits per heavy atom. The van der Waals surface area contributed by atoms with Crippen LogP contribution in [0.4, 0.5) is 5.82 Å². The quantitative estimate of drug-likeness (QED) is 0.329. The SMILES string of the molecule is CCNC(=NCc1ccc(N2CCCCCC2)nc1)NCC(C)(C)SC.I. The van der Waals surface area contributed by atoms with Crippen molar-refractivity contribution in [3.63, 3.8) is 0 Å². The van der Waals surface area contributed by atoms with Gasteiger partial charge >= 0.3 is 0 Å². The number of pyridine rings is 1. The molecule has 1 saturated heterocycles. The zero-order valence-electron chi connectivity index (χ0n) is 17.3. The molecule has 0 saturated carbocycles. The van der Waals surface area contributed by atoms with Gasteiger partial charge in [0.05, 0.1) is 6.54 Å². The fourth-order valence-corrected chi connectivity index (χ4v) is 3.09. The van der Waals surface area contributed by atoms with Gasteiger partial charge in [-0.15, -0.1) is 24.0 Å². The molecule has 1 aromatic heterocycles. The zero-order chi connectivity index (χ0) is 18.8. The molecule has 154 valence electrons. The van der Waals surface area contributed by atoms with Crippen LogP contribution in [0.1, 0.15) is 52.0 Å². The molecule has 2 heterocycles. The van der Waals surface area contributed by atoms with Gasteiger partial charge in [0.25, 0.3) is 0 Å². The van der Waals surface area contributed by atoms with E-state index in [0.29, 0.717) is 6.54 Å². The number of nitrogens with one attached hydrogen (secondary N) is 2. The van der Waals surface area contributed by atoms with Crippen molar-refractivity contribution in [1.29, 1.82) is 0 Å². The maximum absolute atomic E-state index is 4.71. The molecule has 27 heavy (non-hydrogen) atoms. The van der Waals surface area contributed by atoms with Gasteiger partial charge in [0.1, 0.15) is 5.82 Å². The Morgan fingerprint density at radius 2 is 1.89 bits per heavy atom. The molecule has 0 unspecified atom stereocenters. The fourth-order valence-electron chi connectivity index (χ4n) is 2.88. The van der Waals surface area contributed by atoms with Gasteiger partial charge in [0, 0.05) is 37.1 Å². The van der Waals surface area contributed by atoms with Crippen LogP contribution in [0.2, 0.25) is 0 Å². The van der Waals surface area contributed by atoms with Gasteiger partial charge in [0.2, 0.25) is 0 Å². The molecule has 7 heteroatoms. The molecule has 0 spiro atoms. The number of thioether (sulfide) groups is 1. The van der Waals surface area contributed by atoms with Gasteiger partial charge in [-0.3, -0.25) is 0 Å². The second-order valence-electron chi connectivity index (χ2n) is 7.44. The van der Waals surface area contributed by atoms with Gasteiger partial charge in [0.15, 0.2) is 5.96 Å². The van der Waals surface area contributed by atoms with E-state index >= 15 is 0 Å². The van der Waals surface area contributed by atoms with Crippen molar-refractivity contribution in [3.8, 4) is 0 Å². The van der Waals surface area contributed by atoms with Crippen LogP contribution in [0.3, 0.4) is 0 Å². The van der Waals surface area contributed by atoms with Crippen LogP contribution in [-0.2, 0) is 6.54 Å². The van der Waals surface area contributed by atoms with Crippen LogP contribution in [0, 0.1) is 0 Å². The molecule has 0 aromatic carbocycles. The summed E-state index contributed by atoms with van der Waals surface area (Å²) in [4.78, 5) is 11.8. The predicted octanol–water partition coefficient (Wildman–Crippen LogP) is 4.28. The van der Waals surface area contributed by atoms with Crippen LogP contribution in [0.15, 0.2) is 23.3 Å². The average Bonchev–Trinajstić information content (AvgIpc) is 2.94. The number of guanidine groups is 1. The monoisotopic (exact) mass is 505 g/mol. The minimum atomic E-state index is 0. The normalized spacial score (nSPS) is 15.7. The van der Waals surface area contributed by atoms with E-state index in [1.807, 2.05) is 18.0 Å². The number of rotatable bonds is 7. The molecule has 0 radical (unpaired) electrons. The summed E-state index contributed by atoms with van der Waals surface area (Å²) in [6.07, 6.45) is 9.35. The smallest absolute Gasteiger partial charge is 0.191 e. The van der Waals surface area contributed by atoms with Crippen LogP contribution in [0.5, 0.6) is 0 Å². The van der Waals surface area contributed by atoms with E-state index < -0.39 is 0 Å². The van der Waals surface area contributed by atoms with Crippen LogP contribution >= 0.6 is 35.7 Å². The Hall–Kier alpha value is -0.700. The first kappa shape index (κ1) is 24.3. The average molecular weight is 506 g/mol. The molecule has 0 atom stereocenters. The molecule has 1 aromatic rings. The van der Waals surface area contributed by atoms with Gasteiger partial charge in [-0.25, -0.2) is 9.98 Å². The highest BCUT2D eigenvalue weighted by atomic mass is 127. The van der Waals surface area contributed by atoms with Crippen molar-refractivity contribution in [3.05, 3.63) is 23.9 Å². The first-order valence-corrected chi connectivity index (χ1v) is 11.0. The molecule has 1 aliphatic heterocycles. The molecule has 1 aliphatic rings. The van der Waals surface area contributed by atoms with Crippen molar-refractivity contribution in [2.45, 2.75) is 57.7 Å². The second-order valence-corrected chi connectivity index (χ2v) is 8.95. The van der Waals surface area contributed by atoms with Gasteiger partial charge in [-0.2, -0.15) is 11.8 Å². The lowest BCUT2D eigenvalue weighted by atomic mass is 10.2. The van der Waals surface area contributed by atoms with E-state index in [4.69, 9.17) is 4.99 Å². The molecule has 1 fully saturated rings. The standard InChI is InChI=1S/C20H35N5S.HI/c1-5-21-19(24-16-20(2,3)26-4)23-15-17-10-11-18(22-14-17)25-12-8-6-7-9-13-25;/h10-11,14H,5-9,12-13,15-16H2,1-4H3,(H2,21,23,24);1H. The summed E-state index contributed by atoms with van der Waals surface area (Å²) in [5.41, 5.74) is 1.14. The van der Waals surface area contributed by atoms with E-state index in [1.165, 1.54) is 25.7 Å². The van der Waals surface area contributed by atoms with Crippen molar-refractivity contribution in [2.24, 2.45) is 4.99 Å². The van der Waals surface area contributed by atoms with Crippen molar-refractivity contribution < 1.29 is 0 Å². The van der Waals surface area contributed by atoms with E-state index in [-0.39, 0.29) is 28.7 Å². The molecule has 0 bridgehead atoms. The lowest BCUT2D eigenvalue weighted by Gasteiger charge is -2.23. The van der Waals surface area contributed by atoms with Gasteiger partial charge in [-0.05, 0) is 51.5 Å². The number of halogens is 1. The molecule has 2 rings (SSSR count). The Morgan fingerprint density at radius 3 is 2.44 bits per heavy atom. The molecule has 5 nitrogen and oxygen atoms in total. The van der Waals surface area contributed by atoms with Crippen LogP contribution in [-0.4, -0.2) is 48.1 Å². The van der Waals surface area contributed by atoms with E-state index in [9.17, 15) is 0 Å². The number of aliphatic imine (C=N–C) groups is 1. The first-order valence-electron chi connectivity index (χ1n) is 9.81. The Balaban J connectivity index is 0.00000364. The van der Waals surface area contributed by atoms with Gasteiger partial charge in [-0.1, -0.05) is 18.9 Å². The Labute approximate surface area is 186 Å². The lowest BCUT2D eigenvalue weighted by Crippen LogP contribution is -2.43. The van der Waals surface area contributed by atoms with Crippen molar-refractivity contribution >= 4 is 47.5 Å². The summed E-state index contributed by atoms with van der Waals surface area (Å²) >= 11 is 1.86. The Kier molecular flexibility index (Phi) is 11.4. The third-order valence-corrected chi connectivity index (χ3v) is 5.99. The highest BCUT2D eigenvalue weighted by Gasteiger charge is 2.16. The highest BCUT2D eigenvalue weighted by Crippen LogP contribution is 2.19.